The number of benzene rings is 2. The zero-order chi connectivity index (χ0) is 16.1. The van der Waals surface area contributed by atoms with Crippen LogP contribution in [0.25, 0.3) is 0 Å². The number of carbonyl (C=O) groups excluding carboxylic acids is 2. The van der Waals surface area contributed by atoms with Crippen LogP contribution in [0.2, 0.25) is 0 Å². The third-order valence-corrected chi connectivity index (χ3v) is 3.64. The Hall–Kier alpha value is -2.14. The van der Waals surface area contributed by atoms with E-state index in [0.717, 1.165) is 4.47 Å². The molecule has 0 radical (unpaired) electrons. The van der Waals surface area contributed by atoms with Gasteiger partial charge in [-0.3, -0.25) is 4.79 Å². The van der Waals surface area contributed by atoms with Gasteiger partial charge in [0.05, 0.1) is 12.7 Å². The van der Waals surface area contributed by atoms with Crippen molar-refractivity contribution in [3.63, 3.8) is 0 Å². The fourth-order valence-corrected chi connectivity index (χ4v) is 2.12. The molecule has 0 N–H and O–H groups in total. The fraction of sp³-hybridized carbons (Fsp3) is 0.176. The molecule has 0 aliphatic heterocycles. The molecule has 2 aromatic rings. The molecule has 0 saturated carbocycles. The second-order valence-electron chi connectivity index (χ2n) is 4.65. The highest BCUT2D eigenvalue weighted by molar-refractivity contribution is 9.10. The SMILES string of the molecule is COc1ccc(C(=O)C(C)OC(=O)c2ccc(Br)cc2)cc1. The molecular weight excluding hydrogens is 348 g/mol. The molecule has 5 heteroatoms. The Morgan fingerprint density at radius 1 is 0.955 bits per heavy atom. The van der Waals surface area contributed by atoms with Crippen LogP contribution in [0.4, 0.5) is 0 Å². The van der Waals surface area contributed by atoms with Crippen molar-refractivity contribution < 1.29 is 19.1 Å². The zero-order valence-corrected chi connectivity index (χ0v) is 13.8. The van der Waals surface area contributed by atoms with Crippen LogP contribution in [-0.2, 0) is 4.74 Å². The predicted molar refractivity (Wildman–Crippen MR) is 86.3 cm³/mol. The van der Waals surface area contributed by atoms with Crippen LogP contribution in [0, 0.1) is 0 Å². The lowest BCUT2D eigenvalue weighted by Gasteiger charge is -2.12. The molecule has 0 spiro atoms. The van der Waals surface area contributed by atoms with Crippen molar-refractivity contribution in [3.05, 3.63) is 64.1 Å². The molecule has 114 valence electrons. The van der Waals surface area contributed by atoms with Gasteiger partial charge in [0.15, 0.2) is 6.10 Å². The van der Waals surface area contributed by atoms with E-state index in [-0.39, 0.29) is 5.78 Å². The first kappa shape index (κ1) is 16.2. The Kier molecular flexibility index (Phi) is 5.33. The topological polar surface area (TPSA) is 52.6 Å². The van der Waals surface area contributed by atoms with Gasteiger partial charge in [-0.1, -0.05) is 15.9 Å². The molecule has 0 fully saturated rings. The quantitative estimate of drug-likeness (QED) is 0.598. The molecule has 0 aliphatic rings. The molecule has 0 heterocycles. The van der Waals surface area contributed by atoms with E-state index in [1.54, 1.807) is 62.6 Å². The van der Waals surface area contributed by atoms with Crippen molar-refractivity contribution in [3.8, 4) is 5.75 Å². The highest BCUT2D eigenvalue weighted by Crippen LogP contribution is 2.15. The van der Waals surface area contributed by atoms with Gasteiger partial charge in [-0.15, -0.1) is 0 Å². The van der Waals surface area contributed by atoms with Crippen molar-refractivity contribution in [2.45, 2.75) is 13.0 Å². The minimum atomic E-state index is -0.857. The highest BCUT2D eigenvalue weighted by Gasteiger charge is 2.20. The number of Topliss-reactive ketones (excluding diaryl/α,β-unsaturated/α-hetero) is 1. The monoisotopic (exact) mass is 362 g/mol. The average molecular weight is 363 g/mol. The highest BCUT2D eigenvalue weighted by atomic mass is 79.9. The van der Waals surface area contributed by atoms with Crippen molar-refractivity contribution >= 4 is 27.7 Å². The molecule has 22 heavy (non-hydrogen) atoms. The third kappa shape index (κ3) is 3.95. The molecule has 2 aromatic carbocycles. The number of methoxy groups -OCH3 is 1. The van der Waals surface area contributed by atoms with E-state index in [4.69, 9.17) is 9.47 Å². The van der Waals surface area contributed by atoms with Crippen LogP contribution in [0.15, 0.2) is 53.0 Å². The summed E-state index contributed by atoms with van der Waals surface area (Å²) in [6, 6.07) is 13.4. The van der Waals surface area contributed by atoms with E-state index < -0.39 is 12.1 Å². The molecule has 0 aliphatic carbocycles. The van der Waals surface area contributed by atoms with Crippen LogP contribution in [0.5, 0.6) is 5.75 Å². The van der Waals surface area contributed by atoms with E-state index in [1.165, 1.54) is 0 Å². The number of ketones is 1. The average Bonchev–Trinajstić information content (AvgIpc) is 2.54. The summed E-state index contributed by atoms with van der Waals surface area (Å²) in [5.74, 6) is -0.119. The van der Waals surface area contributed by atoms with Crippen LogP contribution < -0.4 is 4.74 Å². The summed E-state index contributed by atoms with van der Waals surface area (Å²) < 4.78 is 11.1. The minimum absolute atomic E-state index is 0.256. The standard InChI is InChI=1S/C17H15BrO4/c1-11(16(19)12-5-9-15(21-2)10-6-12)22-17(20)13-3-7-14(18)8-4-13/h3-11H,1-2H3. The summed E-state index contributed by atoms with van der Waals surface area (Å²) in [4.78, 5) is 24.2. The molecule has 1 atom stereocenters. The normalized spacial score (nSPS) is 11.6. The van der Waals surface area contributed by atoms with Crippen molar-refractivity contribution in [1.82, 2.24) is 0 Å². The van der Waals surface area contributed by atoms with E-state index in [9.17, 15) is 9.59 Å². The van der Waals surface area contributed by atoms with Crippen molar-refractivity contribution in [2.75, 3.05) is 7.11 Å². The van der Waals surface area contributed by atoms with Crippen molar-refractivity contribution in [1.29, 1.82) is 0 Å². The maximum atomic E-state index is 12.2. The number of halogens is 1. The lowest BCUT2D eigenvalue weighted by atomic mass is 10.1. The summed E-state index contributed by atoms with van der Waals surface area (Å²) in [6.07, 6.45) is -0.857. The largest absolute Gasteiger partial charge is 0.497 e. The molecular formula is C17H15BrO4. The Morgan fingerprint density at radius 3 is 2.05 bits per heavy atom. The number of rotatable bonds is 5. The summed E-state index contributed by atoms with van der Waals surface area (Å²) in [7, 11) is 1.56. The van der Waals surface area contributed by atoms with Crippen LogP contribution >= 0.6 is 15.9 Å². The van der Waals surface area contributed by atoms with E-state index >= 15 is 0 Å². The second kappa shape index (κ2) is 7.22. The lowest BCUT2D eigenvalue weighted by Crippen LogP contribution is -2.24. The molecule has 0 amide bonds. The first-order valence-electron chi connectivity index (χ1n) is 6.66. The van der Waals surface area contributed by atoms with Gasteiger partial charge in [0.1, 0.15) is 5.75 Å². The van der Waals surface area contributed by atoms with Gasteiger partial charge in [-0.2, -0.15) is 0 Å². The summed E-state index contributed by atoms with van der Waals surface area (Å²) >= 11 is 3.29. The Balaban J connectivity index is 2.03. The third-order valence-electron chi connectivity index (χ3n) is 3.11. The van der Waals surface area contributed by atoms with E-state index in [1.807, 2.05) is 0 Å². The molecule has 0 saturated heterocycles. The summed E-state index contributed by atoms with van der Waals surface area (Å²) in [5, 5.41) is 0. The smallest absolute Gasteiger partial charge is 0.338 e. The van der Waals surface area contributed by atoms with E-state index in [2.05, 4.69) is 15.9 Å². The van der Waals surface area contributed by atoms with Crippen molar-refractivity contribution in [2.24, 2.45) is 0 Å². The molecule has 0 aromatic heterocycles. The number of hydrogen-bond acceptors (Lipinski definition) is 4. The minimum Gasteiger partial charge on any atom is -0.497 e. The molecule has 2 rings (SSSR count). The van der Waals surface area contributed by atoms with Gasteiger partial charge < -0.3 is 9.47 Å². The van der Waals surface area contributed by atoms with Gasteiger partial charge in [-0.25, -0.2) is 4.79 Å². The Labute approximate surface area is 137 Å². The summed E-state index contributed by atoms with van der Waals surface area (Å²) in [6.45, 7) is 1.56. The predicted octanol–water partition coefficient (Wildman–Crippen LogP) is 3.89. The van der Waals surface area contributed by atoms with Gasteiger partial charge in [0.25, 0.3) is 0 Å². The Morgan fingerprint density at radius 2 is 1.50 bits per heavy atom. The Bertz CT molecular complexity index is 662. The van der Waals surface area contributed by atoms with Crippen LogP contribution in [0.1, 0.15) is 27.6 Å². The molecule has 4 nitrogen and oxygen atoms in total. The lowest BCUT2D eigenvalue weighted by molar-refractivity contribution is 0.0319. The van der Waals surface area contributed by atoms with Gasteiger partial charge in [-0.05, 0) is 55.5 Å². The molecule has 0 bridgehead atoms. The number of carbonyl (C=O) groups is 2. The van der Waals surface area contributed by atoms with Crippen LogP contribution in [0.3, 0.4) is 0 Å². The second-order valence-corrected chi connectivity index (χ2v) is 5.56. The summed E-state index contributed by atoms with van der Waals surface area (Å²) in [5.41, 5.74) is 0.870. The van der Waals surface area contributed by atoms with Crippen LogP contribution in [-0.4, -0.2) is 25.0 Å². The first-order valence-corrected chi connectivity index (χ1v) is 7.45. The van der Waals surface area contributed by atoms with Gasteiger partial charge >= 0.3 is 5.97 Å². The molecule has 1 unspecified atom stereocenters. The van der Waals surface area contributed by atoms with Gasteiger partial charge in [0, 0.05) is 10.0 Å². The number of esters is 1. The zero-order valence-electron chi connectivity index (χ0n) is 12.2. The maximum Gasteiger partial charge on any atom is 0.338 e. The first-order chi connectivity index (χ1) is 10.5. The number of ether oxygens (including phenoxy) is 2. The van der Waals surface area contributed by atoms with Gasteiger partial charge in [0.2, 0.25) is 5.78 Å². The van der Waals surface area contributed by atoms with E-state index in [0.29, 0.717) is 16.9 Å². The fourth-order valence-electron chi connectivity index (χ4n) is 1.86. The maximum absolute atomic E-state index is 12.2. The number of hydrogen-bond donors (Lipinski definition) is 0.